The number of aliphatic hydroxyl groups excluding tert-OH is 35. The van der Waals surface area contributed by atoms with E-state index in [-0.39, 0.29) is 0 Å². The largest absolute Gasteiger partial charge is 0.479 e. The Morgan fingerprint density at radius 1 is 0.301 bits per heavy atom. The van der Waals surface area contributed by atoms with E-state index in [4.69, 9.17) is 111 Å². The molecule has 143 heavy (non-hydrogen) atoms. The van der Waals surface area contributed by atoms with Crippen molar-refractivity contribution in [2.75, 3.05) is 66.1 Å². The van der Waals surface area contributed by atoms with Crippen molar-refractivity contribution in [3.8, 4) is 0 Å². The molecule has 67 heteroatoms. The van der Waals surface area contributed by atoms with Gasteiger partial charge in [0.2, 0.25) is 0 Å². The molecule has 11 aliphatic rings. The van der Waals surface area contributed by atoms with E-state index < -0.39 is 470 Å². The van der Waals surface area contributed by atoms with Crippen molar-refractivity contribution in [3.63, 3.8) is 0 Å². The maximum Gasteiger partial charge on any atom is 0.364 e. The normalized spacial score (nSPS) is 49.1. The van der Waals surface area contributed by atoms with Crippen LogP contribution in [0.2, 0.25) is 0 Å². The van der Waals surface area contributed by atoms with Crippen molar-refractivity contribution in [3.05, 3.63) is 0 Å². The predicted octanol–water partition coefficient (Wildman–Crippen LogP) is -28.0. The SMILES string of the molecule is N[C@H]1[C@@H](O[C@H]2[C@H](O)[C@@H](N)[C@@H](O[C@@H]3[C@H](O)[C@@H](O)[C@@H](O[C@@H]4[C@H](O)[C@@H](O[C@@H]5[C@H](O)[C@@H](O[C@H]6[C@@H]([C@H](O)CO)O[C@@](O)(C(=O)O)C[C@H]6O[C@]6(C(=O)O)C[C@@H](O)[C@@H](O)[C@@H]([C@H](O)CO)O6)O[C@H]([C@@H](O)CO)[C@H]5O[C@@H]5O[C@H](CO)[C@@H](O)[C@H](O)[C@H]5O)O[C@H]([C@@H](O)CO[C@H]5O[C@H]([C@@H](O)CO)[C@@H](O)[C@H](O)[C@@H]5O)[C@H]4O)O[C@@H]3C(=O)O)O[C@@H]2CO)O[C@H](CO[C@]2(C(=O)O)C[C@@H](O[C@H]3O[C@H]([C@@H](O)CO)[C@@H](O)[C@H](O)[C@@H]3O)[C@@H](O)[C@@H]([C@H](O)CO)O2)[C@@H](O)[C@@H]1O. The number of aliphatic carboxylic acids is 4. The summed E-state index contributed by atoms with van der Waals surface area (Å²) in [6, 6.07) is -4.13. The minimum absolute atomic E-state index is 1.11. The first-order valence-electron chi connectivity index (χ1n) is 44.4. The number of ether oxygens (including phenoxy) is 21. The fourth-order valence-corrected chi connectivity index (χ4v) is 18.0. The fourth-order valence-electron chi connectivity index (χ4n) is 18.0. The van der Waals surface area contributed by atoms with Crippen molar-refractivity contribution < 1.29 is 323 Å². The van der Waals surface area contributed by atoms with E-state index in [1.807, 2.05) is 0 Å². The molecule has 0 aromatic heterocycles. The number of carbonyl (C=O) groups is 4. The zero-order chi connectivity index (χ0) is 106. The second-order valence-corrected chi connectivity index (χ2v) is 35.9. The summed E-state index contributed by atoms with van der Waals surface area (Å²) in [6.07, 6.45) is -137. The van der Waals surface area contributed by atoms with Crippen LogP contribution in [0.3, 0.4) is 0 Å². The molecule has 44 N–H and O–H groups in total. The molecule has 59 atom stereocenters. The van der Waals surface area contributed by atoms with Gasteiger partial charge in [-0.05, 0) is 0 Å². The van der Waals surface area contributed by atoms with E-state index >= 15 is 0 Å². The molecule has 0 saturated carbocycles. The quantitative estimate of drug-likeness (QED) is 0.0270. The first kappa shape index (κ1) is 119. The molecule has 67 nitrogen and oxygen atoms in total. The highest BCUT2D eigenvalue weighted by Gasteiger charge is 2.67. The molecule has 0 amide bonds. The van der Waals surface area contributed by atoms with Crippen molar-refractivity contribution in [1.82, 2.24) is 0 Å². The molecule has 0 bridgehead atoms. The van der Waals surface area contributed by atoms with Gasteiger partial charge in [-0.1, -0.05) is 0 Å². The summed E-state index contributed by atoms with van der Waals surface area (Å²) in [5.41, 5.74) is 12.7. The van der Waals surface area contributed by atoms with Crippen LogP contribution in [0.1, 0.15) is 19.3 Å². The van der Waals surface area contributed by atoms with Crippen LogP contribution in [0.5, 0.6) is 0 Å². The van der Waals surface area contributed by atoms with Crippen LogP contribution >= 0.6 is 0 Å². The molecular weight excluding hydrogens is 1980 g/mol. The van der Waals surface area contributed by atoms with Gasteiger partial charge in [-0.3, -0.25) is 0 Å². The maximum atomic E-state index is 13.5. The van der Waals surface area contributed by atoms with Crippen LogP contribution in [0.15, 0.2) is 0 Å². The zero-order valence-electron chi connectivity index (χ0n) is 74.3. The van der Waals surface area contributed by atoms with Crippen LogP contribution in [0, 0.1) is 0 Å². The lowest BCUT2D eigenvalue weighted by Gasteiger charge is -2.53. The highest BCUT2D eigenvalue weighted by Crippen LogP contribution is 2.46. The Morgan fingerprint density at radius 2 is 0.699 bits per heavy atom. The summed E-state index contributed by atoms with van der Waals surface area (Å²) in [4.78, 5) is 53.3. The zero-order valence-corrected chi connectivity index (χ0v) is 74.3. The third-order valence-corrected chi connectivity index (χ3v) is 26.3. The van der Waals surface area contributed by atoms with E-state index in [1.54, 1.807) is 0 Å². The highest BCUT2D eigenvalue weighted by atomic mass is 16.8. The van der Waals surface area contributed by atoms with E-state index in [1.165, 1.54) is 0 Å². The summed E-state index contributed by atoms with van der Waals surface area (Å²) in [5, 5.41) is 442. The lowest BCUT2D eigenvalue weighted by molar-refractivity contribution is -0.416. The Bertz CT molecular complexity index is 4010. The van der Waals surface area contributed by atoms with E-state index in [0.29, 0.717) is 0 Å². The molecule has 11 heterocycles. The monoisotopic (exact) mass is 2110 g/mol. The molecule has 830 valence electrons. The van der Waals surface area contributed by atoms with Crippen LogP contribution in [-0.4, -0.2) is 655 Å². The number of hydrogen-bond donors (Lipinski definition) is 42. The van der Waals surface area contributed by atoms with Gasteiger partial charge in [-0.25, -0.2) is 19.2 Å². The highest BCUT2D eigenvalue weighted by molar-refractivity contribution is 5.77. The predicted molar refractivity (Wildman–Crippen MR) is 424 cm³/mol. The summed E-state index contributed by atoms with van der Waals surface area (Å²) < 4.78 is 120. The van der Waals surface area contributed by atoms with E-state index in [0.717, 1.165) is 0 Å². The van der Waals surface area contributed by atoms with Gasteiger partial charge in [0.15, 0.2) is 56.4 Å². The van der Waals surface area contributed by atoms with Gasteiger partial charge in [-0.15, -0.1) is 0 Å². The number of rotatable bonds is 41. The molecule has 0 aliphatic carbocycles. The van der Waals surface area contributed by atoms with Gasteiger partial charge in [0.25, 0.3) is 17.4 Å². The molecule has 11 rings (SSSR count). The van der Waals surface area contributed by atoms with Crippen LogP contribution in [0.25, 0.3) is 0 Å². The minimum atomic E-state index is -3.75. The Morgan fingerprint density at radius 3 is 1.23 bits per heavy atom. The Balaban J connectivity index is 0.884. The average Bonchev–Trinajstić information content (AvgIpc) is 0.744. The molecule has 0 unspecified atom stereocenters. The van der Waals surface area contributed by atoms with E-state index in [2.05, 4.69) is 0 Å². The van der Waals surface area contributed by atoms with Gasteiger partial charge in [0, 0.05) is 19.3 Å². The summed E-state index contributed by atoms with van der Waals surface area (Å²) in [5.74, 6) is -19.7. The third-order valence-electron chi connectivity index (χ3n) is 26.3. The fraction of sp³-hybridized carbons (Fsp3) is 0.947. The molecule has 0 spiro atoms. The van der Waals surface area contributed by atoms with Crippen molar-refractivity contribution in [2.45, 2.75) is 380 Å². The van der Waals surface area contributed by atoms with Gasteiger partial charge in [-0.2, -0.15) is 0 Å². The van der Waals surface area contributed by atoms with Gasteiger partial charge in [0.05, 0.1) is 96.5 Å². The Hall–Kier alpha value is -4.48. The van der Waals surface area contributed by atoms with Gasteiger partial charge < -0.3 is 315 Å². The molecule has 11 fully saturated rings. The first-order valence-corrected chi connectivity index (χ1v) is 44.4. The Labute approximate surface area is 802 Å². The van der Waals surface area contributed by atoms with Crippen molar-refractivity contribution in [1.29, 1.82) is 0 Å². The molecule has 11 saturated heterocycles. The minimum Gasteiger partial charge on any atom is -0.479 e. The van der Waals surface area contributed by atoms with Gasteiger partial charge >= 0.3 is 23.9 Å². The second kappa shape index (κ2) is 49.5. The number of carboxylic acids is 4. The lowest BCUT2D eigenvalue weighted by Crippen LogP contribution is -2.71. The maximum absolute atomic E-state index is 13.5. The number of aliphatic hydroxyl groups is 36. The van der Waals surface area contributed by atoms with Gasteiger partial charge in [0.1, 0.15) is 256 Å². The summed E-state index contributed by atoms with van der Waals surface area (Å²) >= 11 is 0. The molecule has 0 radical (unpaired) electrons. The lowest BCUT2D eigenvalue weighted by atomic mass is 9.89. The average molecular weight is 2110 g/mol. The molecular formula is C76H126N2O65. The van der Waals surface area contributed by atoms with Crippen LogP contribution in [-0.2, 0) is 119 Å². The second-order valence-electron chi connectivity index (χ2n) is 35.9. The van der Waals surface area contributed by atoms with Crippen LogP contribution in [0.4, 0.5) is 0 Å². The van der Waals surface area contributed by atoms with Crippen LogP contribution < -0.4 is 11.5 Å². The third kappa shape index (κ3) is 24.7. The summed E-state index contributed by atoms with van der Waals surface area (Å²) in [6.45, 7) is -13.4. The topological polar surface area (TPSA) is 1120 Å². The first-order chi connectivity index (χ1) is 67.1. The smallest absolute Gasteiger partial charge is 0.364 e. The van der Waals surface area contributed by atoms with Crippen molar-refractivity contribution >= 4 is 23.9 Å². The molecule has 11 aliphatic heterocycles. The Kier molecular flexibility index (Phi) is 41.1. The standard InChI is InChI=1S/C76H126N2O65/c77-27-33(99)31(97)26(13-124-75(72(118)119)3-22(32(98)52(142-75)18(91)7-82)125-66-43(109)37(103)39(105)49(130-66)16(89)5-80)128-63(27)133-55-25(11-86)127-64(28(78)34(55)100)136-58-40(106)44(110)68(139-61(58)62(114)115)135-57-45(111)50(21(94)12-123-65-41(107)36(102)38(104)48(129-65)15(88)4-79)131-69(46(57)112)137-59-47(113)70(132-53(19(92)8-83)60(59)138-67-42(108)35(101)30(96)24(10-85)126-67)134-56-23(2-74(122,71(116)117)141-54(56)20(93)9-84)140-76(73(120)121)1-14(87)29(95)51(143-76)17(90)6-81/h14-61,63-70,79-113,122H,1-13,77-78H2,(H,114,115)(H,116,117)(H,118,119)(H,120,121)/t14-,15+,16+,17-,18-,19+,20-,21+,22-,23-,24-,25-,26-,27-,28-,29-,30-,31-,32-,33-,34-,35+,36+,37+,38+,39+,40-,41+,42-,43+,44-,45-,46+,47+,48-,49-,50-,51-,52-,53-,54-,55-,56-,57+,58-,59-,60-,61+,63-,64-,65+,66+,67+,68+,69-,70-,74-,75-,76-/m1/s1. The van der Waals surface area contributed by atoms with E-state index in [9.17, 15) is 223 Å². The number of nitrogens with two attached hydrogens (primary N) is 2. The molecule has 0 aromatic rings. The molecule has 0 aromatic carbocycles. The van der Waals surface area contributed by atoms with Crippen molar-refractivity contribution in [2.24, 2.45) is 11.5 Å². The number of carboxylic acid groups (broad SMARTS) is 4. The number of hydrogen-bond acceptors (Lipinski definition) is 63. The summed E-state index contributed by atoms with van der Waals surface area (Å²) in [7, 11) is 0.